The number of nitrogens with zero attached hydrogens (tertiary/aromatic N) is 2. The number of H-pyrrole nitrogens is 1. The Morgan fingerprint density at radius 1 is 1.33 bits per heavy atom. The molecule has 0 bridgehead atoms. The Kier molecular flexibility index (Phi) is 2.60. The first-order chi connectivity index (χ1) is 8.72. The Labute approximate surface area is 108 Å². The van der Waals surface area contributed by atoms with Gasteiger partial charge in [-0.25, -0.2) is 0 Å². The van der Waals surface area contributed by atoms with Crippen molar-refractivity contribution in [2.24, 2.45) is 0 Å². The predicted octanol–water partition coefficient (Wildman–Crippen LogP) is 2.31. The van der Waals surface area contributed by atoms with Crippen LogP contribution in [0.5, 0.6) is 11.5 Å². The van der Waals surface area contributed by atoms with Crippen LogP contribution in [0.2, 0.25) is 0 Å². The van der Waals surface area contributed by atoms with Crippen LogP contribution in [0.15, 0.2) is 18.2 Å². The summed E-state index contributed by atoms with van der Waals surface area (Å²) in [6.45, 7) is 2.10. The zero-order valence-electron chi connectivity index (χ0n) is 9.56. The van der Waals surface area contributed by atoms with Crippen LogP contribution in [0, 0.1) is 11.7 Å². The van der Waals surface area contributed by atoms with Crippen LogP contribution < -0.4 is 14.8 Å². The van der Waals surface area contributed by atoms with E-state index in [9.17, 15) is 0 Å². The van der Waals surface area contributed by atoms with Gasteiger partial charge in [-0.3, -0.25) is 5.10 Å². The van der Waals surface area contributed by atoms with Gasteiger partial charge in [-0.15, -0.1) is 0 Å². The fourth-order valence-corrected chi connectivity index (χ4v) is 1.76. The van der Waals surface area contributed by atoms with Gasteiger partial charge in [-0.2, -0.15) is 10.1 Å². The quantitative estimate of drug-likeness (QED) is 0.809. The van der Waals surface area contributed by atoms with Crippen LogP contribution >= 0.6 is 12.2 Å². The van der Waals surface area contributed by atoms with Crippen molar-refractivity contribution < 1.29 is 9.47 Å². The molecule has 0 fully saturated rings. The Hall–Kier alpha value is -2.15. The molecule has 1 aromatic heterocycles. The number of fused-ring (bicyclic) bond motifs is 1. The molecule has 0 amide bonds. The van der Waals surface area contributed by atoms with E-state index in [1.54, 1.807) is 0 Å². The summed E-state index contributed by atoms with van der Waals surface area (Å²) in [4.78, 5) is 4.18. The molecule has 2 N–H and O–H groups in total. The second-order valence-electron chi connectivity index (χ2n) is 3.77. The summed E-state index contributed by atoms with van der Waals surface area (Å²) in [5, 5.41) is 9.82. The topological polar surface area (TPSA) is 72.1 Å². The van der Waals surface area contributed by atoms with Gasteiger partial charge in [0.2, 0.25) is 11.6 Å². The van der Waals surface area contributed by atoms with E-state index in [0.29, 0.717) is 16.3 Å². The van der Waals surface area contributed by atoms with Crippen molar-refractivity contribution in [3.8, 4) is 11.5 Å². The highest BCUT2D eigenvalue weighted by atomic mass is 32.1. The molecule has 0 radical (unpaired) electrons. The Balaban J connectivity index is 1.92. The number of aromatic amines is 1. The fourth-order valence-electron chi connectivity index (χ4n) is 1.62. The highest BCUT2D eigenvalue weighted by Crippen LogP contribution is 2.34. The Bertz CT molecular complexity index is 656. The van der Waals surface area contributed by atoms with Gasteiger partial charge in [0, 0.05) is 11.8 Å². The van der Waals surface area contributed by atoms with Crippen LogP contribution in [0.25, 0.3) is 0 Å². The van der Waals surface area contributed by atoms with E-state index in [1.165, 1.54) is 0 Å². The lowest BCUT2D eigenvalue weighted by atomic mass is 10.2. The van der Waals surface area contributed by atoms with Gasteiger partial charge in [-0.1, -0.05) is 0 Å². The van der Waals surface area contributed by atoms with Crippen molar-refractivity contribution in [2.75, 3.05) is 12.1 Å². The number of aromatic nitrogens is 3. The zero-order valence-corrected chi connectivity index (χ0v) is 10.4. The lowest BCUT2D eigenvalue weighted by molar-refractivity contribution is 0.174. The average Bonchev–Trinajstić information content (AvgIpc) is 2.81. The second-order valence-corrected chi connectivity index (χ2v) is 4.15. The monoisotopic (exact) mass is 262 g/mol. The van der Waals surface area contributed by atoms with Crippen LogP contribution in [-0.4, -0.2) is 22.0 Å². The first-order valence-corrected chi connectivity index (χ1v) is 5.73. The van der Waals surface area contributed by atoms with Crippen LogP contribution in [-0.2, 0) is 0 Å². The maximum atomic E-state index is 5.31. The summed E-state index contributed by atoms with van der Waals surface area (Å²) in [6, 6.07) is 5.58. The van der Waals surface area contributed by atoms with Gasteiger partial charge in [0.15, 0.2) is 17.3 Å². The molecule has 2 heterocycles. The molecule has 0 unspecified atom stereocenters. The molecule has 0 saturated heterocycles. The number of nitrogens with one attached hydrogen (secondary N) is 2. The molecule has 1 aliphatic heterocycles. The summed E-state index contributed by atoms with van der Waals surface area (Å²) in [5.41, 5.74) is 1.58. The molecule has 0 spiro atoms. The normalized spacial score (nSPS) is 12.5. The molecule has 1 aromatic carbocycles. The number of benzene rings is 1. The van der Waals surface area contributed by atoms with E-state index in [2.05, 4.69) is 20.5 Å². The number of aryl methyl sites for hydroxylation is 1. The van der Waals surface area contributed by atoms with E-state index >= 15 is 0 Å². The van der Waals surface area contributed by atoms with E-state index in [0.717, 1.165) is 17.1 Å². The van der Waals surface area contributed by atoms with Crippen LogP contribution in [0.3, 0.4) is 0 Å². The molecule has 0 saturated carbocycles. The summed E-state index contributed by atoms with van der Waals surface area (Å²) in [6.07, 6.45) is 0. The lowest BCUT2D eigenvalue weighted by Crippen LogP contribution is -2.00. The Morgan fingerprint density at radius 3 is 3.06 bits per heavy atom. The summed E-state index contributed by atoms with van der Waals surface area (Å²) < 4.78 is 10.9. The summed E-state index contributed by atoms with van der Waals surface area (Å²) >= 11 is 4.94. The minimum absolute atomic E-state index is 0.258. The molecule has 0 aliphatic carbocycles. The van der Waals surface area contributed by atoms with Crippen molar-refractivity contribution in [1.82, 2.24) is 15.2 Å². The zero-order chi connectivity index (χ0) is 12.5. The highest BCUT2D eigenvalue weighted by Gasteiger charge is 2.13. The third kappa shape index (κ3) is 2.00. The molecule has 92 valence electrons. The first-order valence-electron chi connectivity index (χ1n) is 5.32. The maximum absolute atomic E-state index is 5.31. The highest BCUT2D eigenvalue weighted by molar-refractivity contribution is 7.71. The smallest absolute Gasteiger partial charge is 0.231 e. The predicted molar refractivity (Wildman–Crippen MR) is 67.8 cm³/mol. The van der Waals surface area contributed by atoms with Crippen molar-refractivity contribution in [1.29, 1.82) is 0 Å². The lowest BCUT2D eigenvalue weighted by Gasteiger charge is -2.07. The molecular weight excluding hydrogens is 252 g/mol. The Morgan fingerprint density at radius 2 is 2.17 bits per heavy atom. The minimum Gasteiger partial charge on any atom is -0.454 e. The summed E-state index contributed by atoms with van der Waals surface area (Å²) in [7, 11) is 0. The van der Waals surface area contributed by atoms with Gasteiger partial charge in [-0.05, 0) is 31.3 Å². The molecule has 0 atom stereocenters. The van der Waals surface area contributed by atoms with Crippen molar-refractivity contribution in [3.63, 3.8) is 0 Å². The molecule has 18 heavy (non-hydrogen) atoms. The third-order valence-corrected chi connectivity index (χ3v) is 2.69. The van der Waals surface area contributed by atoms with Crippen LogP contribution in [0.1, 0.15) is 5.69 Å². The largest absolute Gasteiger partial charge is 0.454 e. The molecule has 1 aliphatic rings. The van der Waals surface area contributed by atoms with Crippen LogP contribution in [0.4, 0.5) is 11.5 Å². The van der Waals surface area contributed by atoms with E-state index in [4.69, 9.17) is 21.7 Å². The van der Waals surface area contributed by atoms with Crippen molar-refractivity contribution in [3.05, 3.63) is 28.7 Å². The third-order valence-electron chi connectivity index (χ3n) is 2.51. The van der Waals surface area contributed by atoms with Crippen molar-refractivity contribution in [2.45, 2.75) is 6.92 Å². The SMILES string of the molecule is Cc1n[nH]c(=S)nc1Nc1ccc2c(c1)OCO2. The standard InChI is InChI=1S/C11H10N4O2S/c1-6-10(13-11(18)15-14-6)12-7-2-3-8-9(4-7)17-5-16-8/h2-4H,5H2,1H3,(H2,12,13,15,18). The molecule has 7 heteroatoms. The number of ether oxygens (including phenoxy) is 2. The van der Waals surface area contributed by atoms with E-state index in [1.807, 2.05) is 25.1 Å². The van der Waals surface area contributed by atoms with Crippen molar-refractivity contribution >= 4 is 23.7 Å². The minimum atomic E-state index is 0.258. The maximum Gasteiger partial charge on any atom is 0.231 e. The van der Waals surface area contributed by atoms with Gasteiger partial charge < -0.3 is 14.8 Å². The number of rotatable bonds is 2. The molecule has 6 nitrogen and oxygen atoms in total. The van der Waals surface area contributed by atoms with Gasteiger partial charge in [0.1, 0.15) is 5.69 Å². The fraction of sp³-hybridized carbons (Fsp3) is 0.182. The summed E-state index contributed by atoms with van der Waals surface area (Å²) in [5.74, 6) is 2.08. The molecule has 3 rings (SSSR count). The van der Waals surface area contributed by atoms with Gasteiger partial charge >= 0.3 is 0 Å². The number of hydrogen-bond acceptors (Lipinski definition) is 6. The van der Waals surface area contributed by atoms with Gasteiger partial charge in [0.05, 0.1) is 0 Å². The average molecular weight is 262 g/mol. The molecular formula is C11H10N4O2S. The van der Waals surface area contributed by atoms with Gasteiger partial charge in [0.25, 0.3) is 0 Å². The second kappa shape index (κ2) is 4.26. The first kappa shape index (κ1) is 11.0. The molecule has 2 aromatic rings. The van der Waals surface area contributed by atoms with E-state index < -0.39 is 0 Å². The van der Waals surface area contributed by atoms with E-state index in [-0.39, 0.29) is 6.79 Å². The number of hydrogen-bond donors (Lipinski definition) is 2. The number of anilines is 2.